The van der Waals surface area contributed by atoms with Crippen LogP contribution in [-0.2, 0) is 0 Å². The second-order valence-corrected chi connectivity index (χ2v) is 5.80. The number of carbonyl (C=O) groups excluding carboxylic acids is 1. The smallest absolute Gasteiger partial charge is 0.272 e. The van der Waals surface area contributed by atoms with E-state index in [-0.39, 0.29) is 11.9 Å². The number of rotatable bonds is 7. The maximum atomic E-state index is 12.5. The van der Waals surface area contributed by atoms with Gasteiger partial charge in [-0.1, -0.05) is 20.8 Å². The molecule has 1 rings (SSSR count). The predicted molar refractivity (Wildman–Crippen MR) is 84.0 cm³/mol. The van der Waals surface area contributed by atoms with Gasteiger partial charge in [-0.05, 0) is 38.3 Å². The first kappa shape index (κ1) is 16.5. The topological polar surface area (TPSA) is 45.2 Å². The number of nitrogens with zero attached hydrogens (tertiary/aromatic N) is 2. The standard InChI is InChI=1S/C16H27N3O/c1-6-9-17-14-7-8-15(18-10-14)16(20)19(13(4)5)11-12(2)3/h7-8,10,12-13,17H,6,9,11H2,1-5H3. The van der Waals surface area contributed by atoms with Crippen molar-refractivity contribution < 1.29 is 4.79 Å². The zero-order valence-corrected chi connectivity index (χ0v) is 13.3. The molecule has 0 aliphatic rings. The Bertz CT molecular complexity index is 412. The Morgan fingerprint density at radius 3 is 2.45 bits per heavy atom. The normalized spacial score (nSPS) is 10.9. The van der Waals surface area contributed by atoms with Gasteiger partial charge >= 0.3 is 0 Å². The lowest BCUT2D eigenvalue weighted by molar-refractivity contribution is 0.0676. The Balaban J connectivity index is 2.78. The monoisotopic (exact) mass is 277 g/mol. The zero-order valence-electron chi connectivity index (χ0n) is 13.3. The van der Waals surface area contributed by atoms with E-state index in [1.54, 1.807) is 12.3 Å². The van der Waals surface area contributed by atoms with Crippen LogP contribution in [0.25, 0.3) is 0 Å². The van der Waals surface area contributed by atoms with Crippen LogP contribution < -0.4 is 5.32 Å². The van der Waals surface area contributed by atoms with Crippen molar-refractivity contribution in [2.45, 2.75) is 47.1 Å². The summed E-state index contributed by atoms with van der Waals surface area (Å²) in [5, 5.41) is 3.26. The maximum Gasteiger partial charge on any atom is 0.272 e. The summed E-state index contributed by atoms with van der Waals surface area (Å²) in [6, 6.07) is 3.91. The van der Waals surface area contributed by atoms with Crippen molar-refractivity contribution in [3.05, 3.63) is 24.0 Å². The number of amides is 1. The van der Waals surface area contributed by atoms with Gasteiger partial charge in [-0.2, -0.15) is 0 Å². The molecule has 1 aromatic rings. The molecule has 4 heteroatoms. The highest BCUT2D eigenvalue weighted by atomic mass is 16.2. The van der Waals surface area contributed by atoms with Gasteiger partial charge in [0.05, 0.1) is 11.9 Å². The minimum Gasteiger partial charge on any atom is -0.384 e. The molecular weight excluding hydrogens is 250 g/mol. The van der Waals surface area contributed by atoms with Crippen LogP contribution in [0.5, 0.6) is 0 Å². The highest BCUT2D eigenvalue weighted by Crippen LogP contribution is 2.12. The molecule has 0 aliphatic heterocycles. The Morgan fingerprint density at radius 1 is 1.30 bits per heavy atom. The lowest BCUT2D eigenvalue weighted by atomic mass is 10.1. The molecular formula is C16H27N3O. The maximum absolute atomic E-state index is 12.5. The Kier molecular flexibility index (Phi) is 6.49. The molecule has 0 aliphatic carbocycles. The summed E-state index contributed by atoms with van der Waals surface area (Å²) in [6.45, 7) is 12.1. The van der Waals surface area contributed by atoms with E-state index in [4.69, 9.17) is 0 Å². The van der Waals surface area contributed by atoms with Crippen LogP contribution in [0.2, 0.25) is 0 Å². The highest BCUT2D eigenvalue weighted by molar-refractivity contribution is 5.92. The van der Waals surface area contributed by atoms with Gasteiger partial charge in [0.1, 0.15) is 5.69 Å². The molecule has 1 heterocycles. The van der Waals surface area contributed by atoms with E-state index in [1.165, 1.54) is 0 Å². The van der Waals surface area contributed by atoms with Crippen LogP contribution in [-0.4, -0.2) is 34.9 Å². The SMILES string of the molecule is CCCNc1ccc(C(=O)N(CC(C)C)C(C)C)nc1. The van der Waals surface area contributed by atoms with Crippen LogP contribution in [0.15, 0.2) is 18.3 Å². The van der Waals surface area contributed by atoms with Crippen molar-refractivity contribution in [2.24, 2.45) is 5.92 Å². The van der Waals surface area contributed by atoms with Crippen LogP contribution in [0, 0.1) is 5.92 Å². The fraction of sp³-hybridized carbons (Fsp3) is 0.625. The quantitative estimate of drug-likeness (QED) is 0.830. The minimum atomic E-state index is 0.00995. The largest absolute Gasteiger partial charge is 0.384 e. The van der Waals surface area contributed by atoms with Gasteiger partial charge in [0.2, 0.25) is 0 Å². The third-order valence-corrected chi connectivity index (χ3v) is 3.01. The number of pyridine rings is 1. The number of anilines is 1. The Morgan fingerprint density at radius 2 is 2.00 bits per heavy atom. The molecule has 112 valence electrons. The average Bonchev–Trinajstić information content (AvgIpc) is 2.42. The van der Waals surface area contributed by atoms with Crippen molar-refractivity contribution in [3.63, 3.8) is 0 Å². The molecule has 20 heavy (non-hydrogen) atoms. The Labute approximate surface area is 122 Å². The van der Waals surface area contributed by atoms with Crippen molar-refractivity contribution in [1.82, 2.24) is 9.88 Å². The number of aromatic nitrogens is 1. The lowest BCUT2D eigenvalue weighted by Crippen LogP contribution is -2.39. The third kappa shape index (κ3) is 4.83. The van der Waals surface area contributed by atoms with Gasteiger partial charge in [0, 0.05) is 19.1 Å². The van der Waals surface area contributed by atoms with E-state index in [9.17, 15) is 4.79 Å². The first-order valence-electron chi connectivity index (χ1n) is 7.46. The summed E-state index contributed by atoms with van der Waals surface area (Å²) in [4.78, 5) is 18.7. The van der Waals surface area contributed by atoms with Gasteiger partial charge in [-0.25, -0.2) is 4.98 Å². The number of hydrogen-bond donors (Lipinski definition) is 1. The van der Waals surface area contributed by atoms with Gasteiger partial charge < -0.3 is 10.2 Å². The second-order valence-electron chi connectivity index (χ2n) is 5.80. The van der Waals surface area contributed by atoms with Crippen LogP contribution in [0.3, 0.4) is 0 Å². The van der Waals surface area contributed by atoms with E-state index >= 15 is 0 Å². The molecule has 4 nitrogen and oxygen atoms in total. The lowest BCUT2D eigenvalue weighted by Gasteiger charge is -2.28. The van der Waals surface area contributed by atoms with Crippen molar-refractivity contribution >= 4 is 11.6 Å². The van der Waals surface area contributed by atoms with E-state index < -0.39 is 0 Å². The fourth-order valence-corrected chi connectivity index (χ4v) is 1.96. The van der Waals surface area contributed by atoms with Gasteiger partial charge in [0.15, 0.2) is 0 Å². The zero-order chi connectivity index (χ0) is 15.1. The summed E-state index contributed by atoms with van der Waals surface area (Å²) in [5.74, 6) is 0.461. The molecule has 0 spiro atoms. The first-order valence-corrected chi connectivity index (χ1v) is 7.46. The van der Waals surface area contributed by atoms with E-state index in [2.05, 4.69) is 31.1 Å². The third-order valence-electron chi connectivity index (χ3n) is 3.01. The van der Waals surface area contributed by atoms with Crippen LogP contribution >= 0.6 is 0 Å². The van der Waals surface area contributed by atoms with Gasteiger partial charge in [-0.3, -0.25) is 4.79 Å². The predicted octanol–water partition coefficient (Wildman–Crippen LogP) is 3.41. The summed E-state index contributed by atoms with van der Waals surface area (Å²) in [6.07, 6.45) is 2.80. The van der Waals surface area contributed by atoms with Gasteiger partial charge in [0.25, 0.3) is 5.91 Å². The number of nitrogens with one attached hydrogen (secondary N) is 1. The molecule has 0 atom stereocenters. The minimum absolute atomic E-state index is 0.00995. The second kappa shape index (κ2) is 7.88. The first-order chi connectivity index (χ1) is 9.45. The molecule has 0 aromatic carbocycles. The average molecular weight is 277 g/mol. The van der Waals surface area contributed by atoms with Crippen molar-refractivity contribution in [2.75, 3.05) is 18.4 Å². The van der Waals surface area contributed by atoms with Crippen LogP contribution in [0.1, 0.15) is 51.5 Å². The molecule has 1 amide bonds. The number of hydrogen-bond acceptors (Lipinski definition) is 3. The molecule has 1 N–H and O–H groups in total. The molecule has 0 unspecified atom stereocenters. The van der Waals surface area contributed by atoms with E-state index in [0.717, 1.165) is 25.2 Å². The van der Waals surface area contributed by atoms with E-state index in [1.807, 2.05) is 24.8 Å². The molecule has 1 aromatic heterocycles. The van der Waals surface area contributed by atoms with Crippen LogP contribution in [0.4, 0.5) is 5.69 Å². The Hall–Kier alpha value is -1.58. The molecule has 0 saturated carbocycles. The van der Waals surface area contributed by atoms with Gasteiger partial charge in [-0.15, -0.1) is 0 Å². The summed E-state index contributed by atoms with van der Waals surface area (Å²) >= 11 is 0. The summed E-state index contributed by atoms with van der Waals surface area (Å²) in [5.41, 5.74) is 1.48. The molecule has 0 saturated heterocycles. The molecule has 0 fully saturated rings. The number of carbonyl (C=O) groups is 1. The van der Waals surface area contributed by atoms with E-state index in [0.29, 0.717) is 11.6 Å². The summed E-state index contributed by atoms with van der Waals surface area (Å²) < 4.78 is 0. The van der Waals surface area contributed by atoms with Crippen molar-refractivity contribution in [1.29, 1.82) is 0 Å². The molecule has 0 bridgehead atoms. The highest BCUT2D eigenvalue weighted by Gasteiger charge is 2.20. The molecule has 0 radical (unpaired) electrons. The summed E-state index contributed by atoms with van der Waals surface area (Å²) in [7, 11) is 0. The fourth-order valence-electron chi connectivity index (χ4n) is 1.96. The van der Waals surface area contributed by atoms with Crippen molar-refractivity contribution in [3.8, 4) is 0 Å².